The maximum absolute atomic E-state index is 12.0. The molecule has 1 rings (SSSR count). The molecule has 1 atom stereocenters. The zero-order chi connectivity index (χ0) is 18.4. The van der Waals surface area contributed by atoms with Crippen LogP contribution in [0.2, 0.25) is 0 Å². The topological polar surface area (TPSA) is 114 Å². The summed E-state index contributed by atoms with van der Waals surface area (Å²) in [4.78, 5) is 15.3. The van der Waals surface area contributed by atoms with Crippen molar-refractivity contribution in [1.82, 2.24) is 9.92 Å². The van der Waals surface area contributed by atoms with Gasteiger partial charge in [-0.2, -0.15) is 0 Å². The molecule has 0 fully saturated rings. The minimum absolute atomic E-state index is 0.0465. The second-order valence-electron chi connectivity index (χ2n) is 4.36. The van der Waals surface area contributed by atoms with Crippen LogP contribution >= 0.6 is 7.59 Å². The molecule has 1 unspecified atom stereocenters. The van der Waals surface area contributed by atoms with E-state index >= 15 is 0 Å². The van der Waals surface area contributed by atoms with E-state index in [1.54, 1.807) is 16.8 Å². The molecule has 0 amide bonds. The normalized spacial score (nSPS) is 12.5. The first-order chi connectivity index (χ1) is 11.4. The standard InChI is InChI=1S/C10H18N3O2P.C5H8O3/c1-3-13(4-2)16(11,14)12-15-10-8-6-5-7-9-10;1-2-5(7)8-4-3-6/h5-9H,3-4H2,1-2H3,(H3,11,12,14);2,6H,1,3-4H2. The molecule has 0 aliphatic carbocycles. The summed E-state index contributed by atoms with van der Waals surface area (Å²) in [6, 6.07) is 9.05. The van der Waals surface area contributed by atoms with Crippen LogP contribution in [0.1, 0.15) is 13.8 Å². The number of nitrogens with one attached hydrogen (secondary N) is 1. The van der Waals surface area contributed by atoms with E-state index in [2.05, 4.69) is 16.6 Å². The zero-order valence-corrected chi connectivity index (χ0v) is 14.9. The van der Waals surface area contributed by atoms with Crippen molar-refractivity contribution in [3.05, 3.63) is 43.0 Å². The number of ether oxygens (including phenoxy) is 1. The first kappa shape index (κ1) is 22.3. The second-order valence-corrected chi connectivity index (χ2v) is 6.36. The Bertz CT molecular complexity index is 523. The molecule has 0 heterocycles. The van der Waals surface area contributed by atoms with Gasteiger partial charge in [0, 0.05) is 19.2 Å². The molecular weight excluding hydrogens is 333 g/mol. The number of esters is 1. The number of rotatable bonds is 9. The number of benzene rings is 1. The lowest BCUT2D eigenvalue weighted by atomic mass is 10.3. The molecule has 0 spiro atoms. The zero-order valence-electron chi connectivity index (χ0n) is 14.1. The predicted octanol–water partition coefficient (Wildman–Crippen LogP) is 1.69. The molecule has 0 aliphatic heterocycles. The highest BCUT2D eigenvalue weighted by atomic mass is 31.2. The van der Waals surface area contributed by atoms with Crippen molar-refractivity contribution in [2.24, 2.45) is 5.50 Å². The number of aliphatic hydroxyl groups is 1. The minimum Gasteiger partial charge on any atom is -0.460 e. The summed E-state index contributed by atoms with van der Waals surface area (Å²) in [5.74, 6) is 0.0828. The van der Waals surface area contributed by atoms with Gasteiger partial charge in [-0.3, -0.25) is 10.1 Å². The highest BCUT2D eigenvalue weighted by Crippen LogP contribution is 2.35. The number of nitrogens with two attached hydrogens (primary N) is 1. The van der Waals surface area contributed by atoms with Gasteiger partial charge in [-0.05, 0) is 12.1 Å². The summed E-state index contributed by atoms with van der Waals surface area (Å²) in [6.45, 7) is 8.07. The van der Waals surface area contributed by atoms with Gasteiger partial charge in [-0.25, -0.2) is 9.46 Å². The molecule has 1 aromatic carbocycles. The molecule has 0 radical (unpaired) electrons. The van der Waals surface area contributed by atoms with Crippen LogP contribution in [-0.4, -0.2) is 42.0 Å². The van der Waals surface area contributed by atoms with Gasteiger partial charge in [-0.1, -0.05) is 43.9 Å². The number of hydrogen-bond donors (Lipinski definition) is 3. The van der Waals surface area contributed by atoms with Crippen LogP contribution < -0.4 is 15.6 Å². The van der Waals surface area contributed by atoms with Crippen molar-refractivity contribution in [2.45, 2.75) is 13.8 Å². The fourth-order valence-corrected chi connectivity index (χ4v) is 2.71. The van der Waals surface area contributed by atoms with Crippen LogP contribution in [-0.2, 0) is 14.1 Å². The van der Waals surface area contributed by atoms with Gasteiger partial charge in [0.25, 0.3) is 0 Å². The summed E-state index contributed by atoms with van der Waals surface area (Å²) in [5, 5.41) is 10.5. The number of nitrogens with zero attached hydrogens (tertiary/aromatic N) is 1. The Morgan fingerprint density at radius 2 is 1.96 bits per heavy atom. The van der Waals surface area contributed by atoms with Gasteiger partial charge < -0.3 is 14.7 Å². The fourth-order valence-electron chi connectivity index (χ4n) is 1.51. The monoisotopic (exact) mass is 359 g/mol. The van der Waals surface area contributed by atoms with Gasteiger partial charge in [-0.15, -0.1) is 0 Å². The van der Waals surface area contributed by atoms with Crippen LogP contribution in [0.3, 0.4) is 0 Å². The van der Waals surface area contributed by atoms with Crippen molar-refractivity contribution in [3.8, 4) is 5.75 Å². The Kier molecular flexibility index (Phi) is 11.8. The molecular formula is C15H26N3O5P. The van der Waals surface area contributed by atoms with E-state index in [9.17, 15) is 9.36 Å². The van der Waals surface area contributed by atoms with E-state index in [0.29, 0.717) is 18.8 Å². The molecule has 136 valence electrons. The van der Waals surface area contributed by atoms with Crippen molar-refractivity contribution < 1.29 is 24.0 Å². The van der Waals surface area contributed by atoms with Crippen LogP contribution in [0.15, 0.2) is 43.0 Å². The Hall–Kier alpha value is -1.70. The Labute approximate surface area is 142 Å². The van der Waals surface area contributed by atoms with Gasteiger partial charge in [0.2, 0.25) is 0 Å². The average Bonchev–Trinajstić information content (AvgIpc) is 2.60. The molecule has 1 aromatic rings. The number of para-hydroxylation sites is 1. The van der Waals surface area contributed by atoms with Crippen molar-refractivity contribution in [3.63, 3.8) is 0 Å². The van der Waals surface area contributed by atoms with Crippen LogP contribution in [0.4, 0.5) is 0 Å². The molecule has 0 aliphatic rings. The van der Waals surface area contributed by atoms with E-state index in [1.165, 1.54) is 0 Å². The molecule has 0 saturated carbocycles. The first-order valence-electron chi connectivity index (χ1n) is 7.44. The summed E-state index contributed by atoms with van der Waals surface area (Å²) >= 11 is 0. The van der Waals surface area contributed by atoms with E-state index in [1.807, 2.05) is 32.0 Å². The largest absolute Gasteiger partial charge is 0.460 e. The quantitative estimate of drug-likeness (QED) is 0.264. The highest BCUT2D eigenvalue weighted by Gasteiger charge is 2.23. The number of carbonyl (C=O) groups excluding carboxylic acids is 1. The first-order valence-corrected chi connectivity index (χ1v) is 9.17. The predicted molar refractivity (Wildman–Crippen MR) is 93.2 cm³/mol. The van der Waals surface area contributed by atoms with E-state index in [0.717, 1.165) is 6.08 Å². The van der Waals surface area contributed by atoms with Gasteiger partial charge in [0.1, 0.15) is 12.4 Å². The van der Waals surface area contributed by atoms with Gasteiger partial charge in [0.15, 0.2) is 0 Å². The van der Waals surface area contributed by atoms with Crippen molar-refractivity contribution in [2.75, 3.05) is 26.3 Å². The number of hydrogen-bond acceptors (Lipinski definition) is 5. The van der Waals surface area contributed by atoms with Gasteiger partial charge >= 0.3 is 13.6 Å². The van der Waals surface area contributed by atoms with Crippen LogP contribution in [0.5, 0.6) is 5.75 Å². The number of aliphatic hydroxyl groups excluding tert-OH is 1. The third-order valence-corrected chi connectivity index (χ3v) is 4.45. The minimum atomic E-state index is -3.11. The second kappa shape index (κ2) is 12.7. The van der Waals surface area contributed by atoms with Crippen LogP contribution in [0, 0.1) is 0 Å². The third kappa shape index (κ3) is 9.44. The molecule has 4 N–H and O–H groups in total. The molecule has 0 aromatic heterocycles. The van der Waals surface area contributed by atoms with E-state index in [-0.39, 0.29) is 13.2 Å². The highest BCUT2D eigenvalue weighted by molar-refractivity contribution is 7.56. The molecule has 24 heavy (non-hydrogen) atoms. The van der Waals surface area contributed by atoms with Crippen molar-refractivity contribution in [1.29, 1.82) is 0 Å². The SMILES string of the molecule is C=CC(=O)OCCO.CCN(CC)P(N)(=O)NOc1ccccc1. The Morgan fingerprint density at radius 1 is 1.38 bits per heavy atom. The summed E-state index contributed by atoms with van der Waals surface area (Å²) in [7, 11) is -3.11. The van der Waals surface area contributed by atoms with Crippen molar-refractivity contribution >= 4 is 13.6 Å². The lowest BCUT2D eigenvalue weighted by molar-refractivity contribution is -0.138. The summed E-state index contributed by atoms with van der Waals surface area (Å²) < 4.78 is 18.0. The Morgan fingerprint density at radius 3 is 2.42 bits per heavy atom. The van der Waals surface area contributed by atoms with Gasteiger partial charge in [0.05, 0.1) is 6.61 Å². The lowest BCUT2D eigenvalue weighted by Gasteiger charge is -2.25. The smallest absolute Gasteiger partial charge is 0.330 e. The van der Waals surface area contributed by atoms with E-state index in [4.69, 9.17) is 15.4 Å². The summed E-state index contributed by atoms with van der Waals surface area (Å²) in [5.41, 5.74) is 5.68. The fraction of sp³-hybridized carbons (Fsp3) is 0.400. The molecule has 0 saturated heterocycles. The maximum Gasteiger partial charge on any atom is 0.330 e. The molecule has 8 nitrogen and oxygen atoms in total. The summed E-state index contributed by atoms with van der Waals surface area (Å²) in [6.07, 6.45) is 1.05. The third-order valence-electron chi connectivity index (χ3n) is 2.69. The molecule has 9 heteroatoms. The van der Waals surface area contributed by atoms with Crippen LogP contribution in [0.25, 0.3) is 0 Å². The Balaban J connectivity index is 0.000000561. The lowest BCUT2D eigenvalue weighted by Crippen LogP contribution is -2.34. The average molecular weight is 359 g/mol. The molecule has 0 bridgehead atoms. The van der Waals surface area contributed by atoms with E-state index < -0.39 is 13.6 Å². The number of carbonyl (C=O) groups is 1. The maximum atomic E-state index is 12.0.